The molecule has 0 heterocycles. The highest BCUT2D eigenvalue weighted by atomic mass is 16.3. The Kier molecular flexibility index (Phi) is 25.7. The van der Waals surface area contributed by atoms with Crippen LogP contribution in [0.1, 0.15) is 25.7 Å². The molecule has 0 aromatic heterocycles. The maximum Gasteiger partial charge on any atom is 0.0722 e. The number of nitriles is 1. The normalized spacial score (nSPS) is 15.1. The van der Waals surface area contributed by atoms with Crippen molar-refractivity contribution in [3.8, 4) is 6.07 Å². The third-order valence-corrected chi connectivity index (χ3v) is 2.33. The number of hydrogen-bond donors (Lipinski definition) is 4. The van der Waals surface area contributed by atoms with Crippen LogP contribution in [-0.4, -0.2) is 32.9 Å². The molecule has 1 saturated carbocycles. The largest absolute Gasteiger partial charge is 0.395 e. The van der Waals surface area contributed by atoms with Gasteiger partial charge in [0.25, 0.3) is 0 Å². The quantitative estimate of drug-likeness (QED) is 0.535. The van der Waals surface area contributed by atoms with E-state index in [1.54, 1.807) is 0 Å². The van der Waals surface area contributed by atoms with E-state index in [-0.39, 0.29) is 12.5 Å². The molecule has 1 aliphatic rings. The maximum absolute atomic E-state index is 8.76. The minimum Gasteiger partial charge on any atom is -0.395 e. The van der Waals surface area contributed by atoms with Crippen LogP contribution in [0.25, 0.3) is 0 Å². The Morgan fingerprint density at radius 1 is 1.12 bits per heavy atom. The standard InChI is InChI=1S/C8H13NO.3CH5N/c9-5-8(6-10)7-3-1-2-4-7;3*1-2/h7-8,10H,1-4,6H2;3*2H2,1H3. The highest BCUT2D eigenvalue weighted by Crippen LogP contribution is 2.30. The summed E-state index contributed by atoms with van der Waals surface area (Å²) in [6.45, 7) is 0.0428. The zero-order valence-corrected chi connectivity index (χ0v) is 10.8. The summed E-state index contributed by atoms with van der Waals surface area (Å²) in [7, 11) is 4.50. The first-order valence-electron chi connectivity index (χ1n) is 5.62. The van der Waals surface area contributed by atoms with Crippen molar-refractivity contribution >= 4 is 0 Å². The van der Waals surface area contributed by atoms with Gasteiger partial charge in [-0.25, -0.2) is 0 Å². The molecule has 0 spiro atoms. The molecule has 0 bridgehead atoms. The van der Waals surface area contributed by atoms with Gasteiger partial charge in [-0.15, -0.1) is 0 Å². The molecule has 1 fully saturated rings. The fraction of sp³-hybridized carbons (Fsp3) is 0.909. The van der Waals surface area contributed by atoms with E-state index >= 15 is 0 Å². The van der Waals surface area contributed by atoms with Crippen molar-refractivity contribution in [3.63, 3.8) is 0 Å². The highest BCUT2D eigenvalue weighted by molar-refractivity contribution is 4.89. The molecule has 98 valence electrons. The summed E-state index contributed by atoms with van der Waals surface area (Å²) in [4.78, 5) is 0. The fourth-order valence-corrected chi connectivity index (χ4v) is 1.66. The summed E-state index contributed by atoms with van der Waals surface area (Å²) in [5.41, 5.74) is 13.5. The van der Waals surface area contributed by atoms with Crippen molar-refractivity contribution in [2.75, 3.05) is 27.7 Å². The van der Waals surface area contributed by atoms with E-state index in [0.717, 1.165) is 12.8 Å². The first-order chi connectivity index (χ1) is 7.88. The van der Waals surface area contributed by atoms with E-state index in [1.165, 1.54) is 34.0 Å². The molecule has 7 N–H and O–H groups in total. The first-order valence-corrected chi connectivity index (χ1v) is 5.62. The zero-order valence-electron chi connectivity index (χ0n) is 10.8. The van der Waals surface area contributed by atoms with Gasteiger partial charge in [0.05, 0.1) is 18.6 Å². The Labute approximate surface area is 99.6 Å². The van der Waals surface area contributed by atoms with Crippen LogP contribution < -0.4 is 17.2 Å². The molecule has 0 aromatic rings. The molecule has 0 amide bonds. The highest BCUT2D eigenvalue weighted by Gasteiger charge is 2.23. The zero-order chi connectivity index (χ0) is 13.4. The molecule has 1 aliphatic carbocycles. The van der Waals surface area contributed by atoms with Crippen molar-refractivity contribution in [1.82, 2.24) is 0 Å². The number of nitrogens with two attached hydrogens (primary N) is 3. The van der Waals surface area contributed by atoms with E-state index < -0.39 is 0 Å². The summed E-state index contributed by atoms with van der Waals surface area (Å²) >= 11 is 0. The molecule has 5 heteroatoms. The number of nitrogens with zero attached hydrogens (tertiary/aromatic N) is 1. The monoisotopic (exact) mass is 232 g/mol. The summed E-state index contributed by atoms with van der Waals surface area (Å²) < 4.78 is 0. The van der Waals surface area contributed by atoms with E-state index in [9.17, 15) is 0 Å². The molecular weight excluding hydrogens is 204 g/mol. The van der Waals surface area contributed by atoms with Gasteiger partial charge in [-0.3, -0.25) is 0 Å². The second-order valence-electron chi connectivity index (χ2n) is 2.96. The Morgan fingerprint density at radius 2 is 1.50 bits per heavy atom. The van der Waals surface area contributed by atoms with Crippen LogP contribution in [0.15, 0.2) is 0 Å². The van der Waals surface area contributed by atoms with Crippen LogP contribution in [0.4, 0.5) is 0 Å². The molecule has 16 heavy (non-hydrogen) atoms. The Morgan fingerprint density at radius 3 is 1.75 bits per heavy atom. The minimum absolute atomic E-state index is 0.0428. The molecule has 0 saturated heterocycles. The average Bonchev–Trinajstić information content (AvgIpc) is 2.92. The van der Waals surface area contributed by atoms with Gasteiger partial charge in [0.2, 0.25) is 0 Å². The molecule has 5 nitrogen and oxygen atoms in total. The lowest BCUT2D eigenvalue weighted by Crippen LogP contribution is -2.13. The van der Waals surface area contributed by atoms with Crippen molar-refractivity contribution in [2.45, 2.75) is 25.7 Å². The molecule has 1 atom stereocenters. The van der Waals surface area contributed by atoms with Gasteiger partial charge in [-0.2, -0.15) is 5.26 Å². The van der Waals surface area contributed by atoms with E-state index in [0.29, 0.717) is 5.92 Å². The SMILES string of the molecule is CN.CN.CN.N#CC(CO)C1CCCC1. The summed E-state index contributed by atoms with van der Waals surface area (Å²) in [6.07, 6.45) is 4.75. The molecule has 0 aromatic carbocycles. The molecular formula is C11H28N4O. The van der Waals surface area contributed by atoms with Crippen molar-refractivity contribution in [1.29, 1.82) is 5.26 Å². The van der Waals surface area contributed by atoms with E-state index in [2.05, 4.69) is 23.3 Å². The number of aliphatic hydroxyl groups is 1. The van der Waals surface area contributed by atoms with Crippen LogP contribution in [0, 0.1) is 23.2 Å². The lowest BCUT2D eigenvalue weighted by molar-refractivity contribution is 0.214. The van der Waals surface area contributed by atoms with Crippen LogP contribution >= 0.6 is 0 Å². The Hall–Kier alpha value is -0.670. The summed E-state index contributed by atoms with van der Waals surface area (Å²) in [5.74, 6) is 0.387. The van der Waals surface area contributed by atoms with E-state index in [1.807, 2.05) is 0 Å². The number of aliphatic hydroxyl groups excluding tert-OH is 1. The molecule has 0 radical (unpaired) electrons. The van der Waals surface area contributed by atoms with Crippen LogP contribution in [0.5, 0.6) is 0 Å². The van der Waals surface area contributed by atoms with Gasteiger partial charge >= 0.3 is 0 Å². The lowest BCUT2D eigenvalue weighted by atomic mass is 9.93. The van der Waals surface area contributed by atoms with Gasteiger partial charge < -0.3 is 22.3 Å². The summed E-state index contributed by atoms with van der Waals surface area (Å²) in [6, 6.07) is 2.14. The summed E-state index contributed by atoms with van der Waals surface area (Å²) in [5, 5.41) is 17.3. The third-order valence-electron chi connectivity index (χ3n) is 2.33. The van der Waals surface area contributed by atoms with Gasteiger partial charge in [-0.05, 0) is 39.9 Å². The van der Waals surface area contributed by atoms with Crippen molar-refractivity contribution in [3.05, 3.63) is 0 Å². The topological polar surface area (TPSA) is 122 Å². The van der Waals surface area contributed by atoms with E-state index in [4.69, 9.17) is 10.4 Å². The van der Waals surface area contributed by atoms with Gasteiger partial charge in [0.15, 0.2) is 0 Å². The molecule has 0 aliphatic heterocycles. The second kappa shape index (κ2) is 19.8. The van der Waals surface area contributed by atoms with Crippen LogP contribution in [0.2, 0.25) is 0 Å². The lowest BCUT2D eigenvalue weighted by Gasteiger charge is -2.11. The van der Waals surface area contributed by atoms with Crippen LogP contribution in [0.3, 0.4) is 0 Å². The smallest absolute Gasteiger partial charge is 0.0722 e. The predicted molar refractivity (Wildman–Crippen MR) is 68.5 cm³/mol. The third kappa shape index (κ3) is 9.87. The van der Waals surface area contributed by atoms with Gasteiger partial charge in [-0.1, -0.05) is 12.8 Å². The fourth-order valence-electron chi connectivity index (χ4n) is 1.66. The predicted octanol–water partition coefficient (Wildman–Crippen LogP) is 0.0334. The average molecular weight is 232 g/mol. The molecule has 1 unspecified atom stereocenters. The van der Waals surface area contributed by atoms with Gasteiger partial charge in [0.1, 0.15) is 0 Å². The minimum atomic E-state index is -0.0949. The first kappa shape index (κ1) is 20.7. The van der Waals surface area contributed by atoms with Crippen molar-refractivity contribution < 1.29 is 5.11 Å². The molecule has 1 rings (SSSR count). The number of hydrogen-bond acceptors (Lipinski definition) is 5. The maximum atomic E-state index is 8.76. The number of rotatable bonds is 2. The van der Waals surface area contributed by atoms with Crippen molar-refractivity contribution in [2.24, 2.45) is 29.0 Å². The Balaban J connectivity index is -0.000000245. The Bertz CT molecular complexity index is 141. The second-order valence-corrected chi connectivity index (χ2v) is 2.96. The van der Waals surface area contributed by atoms with Gasteiger partial charge in [0, 0.05) is 0 Å². The van der Waals surface area contributed by atoms with Crippen LogP contribution in [-0.2, 0) is 0 Å².